The molecule has 1 saturated carbocycles. The number of amides is 2. The van der Waals surface area contributed by atoms with Crippen LogP contribution in [-0.4, -0.2) is 36.9 Å². The minimum atomic E-state index is 0.0626. The average molecular weight is 334 g/mol. The van der Waals surface area contributed by atoms with Crippen LogP contribution in [0.3, 0.4) is 0 Å². The van der Waals surface area contributed by atoms with Crippen LogP contribution in [-0.2, 0) is 17.6 Å². The Hall–Kier alpha value is -1.36. The second-order valence-corrected chi connectivity index (χ2v) is 8.18. The Morgan fingerprint density at radius 2 is 1.91 bits per heavy atom. The minimum absolute atomic E-state index is 0.0626. The summed E-state index contributed by atoms with van der Waals surface area (Å²) in [5.74, 6) is 0.350. The molecule has 0 saturated heterocycles. The first kappa shape index (κ1) is 16.5. The fraction of sp³-hybridized carbons (Fsp3) is 0.667. The Labute approximate surface area is 142 Å². The van der Waals surface area contributed by atoms with Gasteiger partial charge in [0.05, 0.1) is 4.88 Å². The van der Waals surface area contributed by atoms with E-state index in [4.69, 9.17) is 0 Å². The van der Waals surface area contributed by atoms with E-state index < -0.39 is 0 Å². The molecule has 0 aliphatic heterocycles. The Balaban J connectivity index is 1.63. The van der Waals surface area contributed by atoms with E-state index in [1.165, 1.54) is 29.7 Å². The van der Waals surface area contributed by atoms with E-state index >= 15 is 0 Å². The van der Waals surface area contributed by atoms with Crippen LogP contribution >= 0.6 is 11.3 Å². The summed E-state index contributed by atoms with van der Waals surface area (Å²) in [6.45, 7) is 0. The van der Waals surface area contributed by atoms with Crippen molar-refractivity contribution in [3.05, 3.63) is 21.4 Å². The highest BCUT2D eigenvalue weighted by Crippen LogP contribution is 2.33. The van der Waals surface area contributed by atoms with Crippen LogP contribution in [0.2, 0.25) is 0 Å². The fourth-order valence-corrected chi connectivity index (χ4v) is 4.87. The van der Waals surface area contributed by atoms with Crippen molar-refractivity contribution in [2.24, 2.45) is 5.92 Å². The zero-order valence-electron chi connectivity index (χ0n) is 14.1. The van der Waals surface area contributed by atoms with Crippen LogP contribution in [0.4, 0.5) is 0 Å². The molecule has 2 amide bonds. The Morgan fingerprint density at radius 3 is 2.61 bits per heavy atom. The number of carbonyl (C=O) groups excluding carboxylic acids is 2. The highest BCUT2D eigenvalue weighted by Gasteiger charge is 2.29. The van der Waals surface area contributed by atoms with Crippen molar-refractivity contribution < 1.29 is 9.59 Å². The number of nitrogens with one attached hydrogen (secondary N) is 1. The average Bonchev–Trinajstić information content (AvgIpc) is 2.97. The maximum absolute atomic E-state index is 12.5. The van der Waals surface area contributed by atoms with Crippen LogP contribution in [0.25, 0.3) is 0 Å². The first-order valence-corrected chi connectivity index (χ1v) is 9.50. The highest BCUT2D eigenvalue weighted by atomic mass is 32.1. The van der Waals surface area contributed by atoms with Gasteiger partial charge in [-0.3, -0.25) is 9.59 Å². The highest BCUT2D eigenvalue weighted by molar-refractivity contribution is 7.14. The Morgan fingerprint density at radius 1 is 1.17 bits per heavy atom. The van der Waals surface area contributed by atoms with Gasteiger partial charge in [-0.2, -0.15) is 0 Å². The minimum Gasteiger partial charge on any atom is -0.353 e. The van der Waals surface area contributed by atoms with E-state index in [0.717, 1.165) is 37.0 Å². The first-order chi connectivity index (χ1) is 11.0. The van der Waals surface area contributed by atoms with Gasteiger partial charge in [0.25, 0.3) is 5.91 Å². The molecule has 23 heavy (non-hydrogen) atoms. The van der Waals surface area contributed by atoms with Gasteiger partial charge in [-0.05, 0) is 43.7 Å². The van der Waals surface area contributed by atoms with Gasteiger partial charge < -0.3 is 10.2 Å². The molecular weight excluding hydrogens is 308 g/mol. The van der Waals surface area contributed by atoms with Crippen molar-refractivity contribution in [3.63, 3.8) is 0 Å². The molecule has 126 valence electrons. The Bertz CT molecular complexity index is 588. The molecule has 1 N–H and O–H groups in total. The lowest BCUT2D eigenvalue weighted by atomic mass is 9.87. The molecule has 1 aromatic heterocycles. The molecule has 0 bridgehead atoms. The molecule has 0 spiro atoms. The van der Waals surface area contributed by atoms with Gasteiger partial charge in [0.1, 0.15) is 0 Å². The van der Waals surface area contributed by atoms with Crippen molar-refractivity contribution in [1.29, 1.82) is 0 Å². The molecule has 1 heterocycles. The third kappa shape index (κ3) is 3.77. The summed E-state index contributed by atoms with van der Waals surface area (Å²) in [4.78, 5) is 28.3. The number of rotatable bonds is 3. The molecule has 2 aliphatic rings. The summed E-state index contributed by atoms with van der Waals surface area (Å²) < 4.78 is 0. The molecule has 1 fully saturated rings. The molecular formula is C18H26N2O2S. The number of fused-ring (bicyclic) bond motifs is 1. The van der Waals surface area contributed by atoms with Crippen LogP contribution in [0, 0.1) is 5.92 Å². The van der Waals surface area contributed by atoms with Crippen molar-refractivity contribution in [3.8, 4) is 0 Å². The normalized spacial score (nSPS) is 21.6. The van der Waals surface area contributed by atoms with E-state index in [0.29, 0.717) is 6.04 Å². The van der Waals surface area contributed by atoms with Crippen molar-refractivity contribution in [1.82, 2.24) is 10.2 Å². The van der Waals surface area contributed by atoms with Crippen molar-refractivity contribution in [2.45, 2.75) is 57.4 Å². The summed E-state index contributed by atoms with van der Waals surface area (Å²) in [7, 11) is 3.56. The molecule has 0 unspecified atom stereocenters. The number of hydrogen-bond donors (Lipinski definition) is 1. The fourth-order valence-electron chi connectivity index (χ4n) is 3.64. The van der Waals surface area contributed by atoms with Gasteiger partial charge in [0, 0.05) is 30.9 Å². The molecule has 5 heteroatoms. The van der Waals surface area contributed by atoms with Crippen molar-refractivity contribution in [2.75, 3.05) is 14.1 Å². The quantitative estimate of drug-likeness (QED) is 0.924. The van der Waals surface area contributed by atoms with Crippen LogP contribution in [0.5, 0.6) is 0 Å². The van der Waals surface area contributed by atoms with Gasteiger partial charge in [-0.1, -0.05) is 19.3 Å². The molecule has 2 aliphatic carbocycles. The number of hydrogen-bond acceptors (Lipinski definition) is 3. The van der Waals surface area contributed by atoms with E-state index in [1.54, 1.807) is 30.3 Å². The standard InChI is InChI=1S/C18H26N2O2S/c1-20(2)18(22)16-11-13-10-12(8-9-15(13)23-16)17(21)19-14-6-4-3-5-7-14/h11-12,14H,3-10H2,1-2H3,(H,19,21)/t12-/m0/s1. The van der Waals surface area contributed by atoms with Gasteiger partial charge in [-0.15, -0.1) is 11.3 Å². The van der Waals surface area contributed by atoms with Crippen molar-refractivity contribution >= 4 is 23.2 Å². The van der Waals surface area contributed by atoms with E-state index in [1.807, 2.05) is 6.07 Å². The molecule has 1 aromatic rings. The molecule has 3 rings (SSSR count). The smallest absolute Gasteiger partial charge is 0.263 e. The van der Waals surface area contributed by atoms with Crippen LogP contribution in [0.1, 0.15) is 58.6 Å². The summed E-state index contributed by atoms with van der Waals surface area (Å²) in [6.07, 6.45) is 8.64. The molecule has 1 atom stereocenters. The van der Waals surface area contributed by atoms with E-state index in [2.05, 4.69) is 5.32 Å². The number of thiophene rings is 1. The lowest BCUT2D eigenvalue weighted by Gasteiger charge is -2.27. The largest absolute Gasteiger partial charge is 0.353 e. The van der Waals surface area contributed by atoms with Crippen LogP contribution in [0.15, 0.2) is 6.07 Å². The maximum atomic E-state index is 12.5. The first-order valence-electron chi connectivity index (χ1n) is 8.68. The predicted octanol–water partition coefficient (Wildman–Crippen LogP) is 3.00. The van der Waals surface area contributed by atoms with Crippen LogP contribution < -0.4 is 5.32 Å². The number of aryl methyl sites for hydroxylation is 1. The summed E-state index contributed by atoms with van der Waals surface area (Å²) >= 11 is 1.60. The lowest BCUT2D eigenvalue weighted by molar-refractivity contribution is -0.126. The predicted molar refractivity (Wildman–Crippen MR) is 92.9 cm³/mol. The summed E-state index contributed by atoms with van der Waals surface area (Å²) in [5, 5.41) is 3.26. The monoisotopic (exact) mass is 334 g/mol. The van der Waals surface area contributed by atoms with E-state index in [9.17, 15) is 9.59 Å². The topological polar surface area (TPSA) is 49.4 Å². The summed E-state index contributed by atoms with van der Waals surface area (Å²) in [5.41, 5.74) is 1.20. The molecule has 0 radical (unpaired) electrons. The summed E-state index contributed by atoms with van der Waals surface area (Å²) in [6, 6.07) is 2.38. The van der Waals surface area contributed by atoms with Gasteiger partial charge >= 0.3 is 0 Å². The van der Waals surface area contributed by atoms with Gasteiger partial charge in [0.15, 0.2) is 0 Å². The second kappa shape index (κ2) is 7.04. The second-order valence-electron chi connectivity index (χ2n) is 7.04. The molecule has 4 nitrogen and oxygen atoms in total. The van der Waals surface area contributed by atoms with Gasteiger partial charge in [0.2, 0.25) is 5.91 Å². The number of carbonyl (C=O) groups is 2. The zero-order valence-corrected chi connectivity index (χ0v) is 14.9. The zero-order chi connectivity index (χ0) is 16.4. The SMILES string of the molecule is CN(C)C(=O)c1cc2c(s1)CC[C@H](C(=O)NC1CCCCC1)C2. The third-order valence-corrected chi connectivity index (χ3v) is 6.25. The lowest BCUT2D eigenvalue weighted by Crippen LogP contribution is -2.41. The third-order valence-electron chi connectivity index (χ3n) is 5.02. The maximum Gasteiger partial charge on any atom is 0.263 e. The van der Waals surface area contributed by atoms with Gasteiger partial charge in [-0.25, -0.2) is 0 Å². The Kier molecular flexibility index (Phi) is 5.05. The molecule has 0 aromatic carbocycles. The van der Waals surface area contributed by atoms with E-state index in [-0.39, 0.29) is 17.7 Å². The number of nitrogens with zero attached hydrogens (tertiary/aromatic N) is 1.